The Morgan fingerprint density at radius 3 is 2.48 bits per heavy atom. The molecule has 1 aliphatic rings. The summed E-state index contributed by atoms with van der Waals surface area (Å²) >= 11 is 0. The van der Waals surface area contributed by atoms with Gasteiger partial charge in [0.2, 0.25) is 5.82 Å². The van der Waals surface area contributed by atoms with Crippen molar-refractivity contribution in [3.05, 3.63) is 65.0 Å². The van der Waals surface area contributed by atoms with Crippen LogP contribution in [0.1, 0.15) is 41.9 Å². The predicted molar refractivity (Wildman–Crippen MR) is 122 cm³/mol. The summed E-state index contributed by atoms with van der Waals surface area (Å²) in [5.74, 6) is 1.84. The van der Waals surface area contributed by atoms with Crippen LogP contribution in [0.2, 0.25) is 0 Å². The third-order valence-electron chi connectivity index (χ3n) is 6.59. The molecular weight excluding hydrogens is 388 g/mol. The maximum absolute atomic E-state index is 5.26. The molecule has 3 aromatic rings. The van der Waals surface area contributed by atoms with Crippen LogP contribution in [0.4, 0.5) is 5.69 Å². The lowest BCUT2D eigenvalue weighted by Crippen LogP contribution is -3.15. The first kappa shape index (κ1) is 21.3. The number of benzene rings is 2. The summed E-state index contributed by atoms with van der Waals surface area (Å²) < 4.78 is 7.22. The SMILES string of the molecule is CC[C@@H](c1nnnn1Cc1ccc(OC)cc1)[NH+]1CCN(c2cccc(C)c2C)CC1. The smallest absolute Gasteiger partial charge is 0.209 e. The maximum atomic E-state index is 5.26. The van der Waals surface area contributed by atoms with Gasteiger partial charge < -0.3 is 14.5 Å². The van der Waals surface area contributed by atoms with Crippen LogP contribution in [-0.4, -0.2) is 53.5 Å². The molecule has 0 saturated carbocycles. The van der Waals surface area contributed by atoms with Crippen LogP contribution in [-0.2, 0) is 6.54 Å². The highest BCUT2D eigenvalue weighted by Gasteiger charge is 2.31. The van der Waals surface area contributed by atoms with Crippen molar-refractivity contribution in [1.29, 1.82) is 0 Å². The molecule has 7 heteroatoms. The first-order chi connectivity index (χ1) is 15.1. The van der Waals surface area contributed by atoms with Crippen LogP contribution in [0.3, 0.4) is 0 Å². The lowest BCUT2D eigenvalue weighted by Gasteiger charge is -2.37. The quantitative estimate of drug-likeness (QED) is 0.634. The van der Waals surface area contributed by atoms with Gasteiger partial charge in [-0.25, -0.2) is 4.68 Å². The molecule has 1 N–H and O–H groups in total. The first-order valence-electron chi connectivity index (χ1n) is 11.2. The van der Waals surface area contributed by atoms with Crippen LogP contribution in [0.15, 0.2) is 42.5 Å². The van der Waals surface area contributed by atoms with Crippen molar-refractivity contribution in [1.82, 2.24) is 20.2 Å². The Morgan fingerprint density at radius 2 is 1.81 bits per heavy atom. The van der Waals surface area contributed by atoms with E-state index in [0.29, 0.717) is 12.6 Å². The van der Waals surface area contributed by atoms with Crippen molar-refractivity contribution in [2.24, 2.45) is 0 Å². The van der Waals surface area contributed by atoms with E-state index >= 15 is 0 Å². The van der Waals surface area contributed by atoms with E-state index in [1.165, 1.54) is 22.4 Å². The molecule has 0 bridgehead atoms. The Bertz CT molecular complexity index is 992. The molecule has 7 nitrogen and oxygen atoms in total. The lowest BCUT2D eigenvalue weighted by atomic mass is 10.1. The van der Waals surface area contributed by atoms with Crippen LogP contribution >= 0.6 is 0 Å². The molecular formula is C24H33N6O+. The van der Waals surface area contributed by atoms with Gasteiger partial charge in [-0.1, -0.05) is 31.2 Å². The van der Waals surface area contributed by atoms with E-state index in [1.54, 1.807) is 12.0 Å². The number of quaternary nitrogens is 1. The van der Waals surface area contributed by atoms with E-state index in [4.69, 9.17) is 4.74 Å². The molecule has 2 heterocycles. The number of tetrazole rings is 1. The third kappa shape index (κ3) is 4.56. The molecule has 1 aliphatic heterocycles. The number of aryl methyl sites for hydroxylation is 1. The number of nitrogens with zero attached hydrogens (tertiary/aromatic N) is 5. The van der Waals surface area contributed by atoms with Gasteiger partial charge in [-0.3, -0.25) is 0 Å². The van der Waals surface area contributed by atoms with Gasteiger partial charge >= 0.3 is 0 Å². The second-order valence-electron chi connectivity index (χ2n) is 8.37. The third-order valence-corrected chi connectivity index (χ3v) is 6.59. The van der Waals surface area contributed by atoms with Crippen molar-refractivity contribution in [2.45, 2.75) is 39.8 Å². The van der Waals surface area contributed by atoms with E-state index < -0.39 is 0 Å². The summed E-state index contributed by atoms with van der Waals surface area (Å²) in [5, 5.41) is 12.8. The Hall–Kier alpha value is -2.93. The fourth-order valence-corrected chi connectivity index (χ4v) is 4.59. The van der Waals surface area contributed by atoms with E-state index in [0.717, 1.165) is 44.2 Å². The summed E-state index contributed by atoms with van der Waals surface area (Å²) in [5.41, 5.74) is 5.29. The van der Waals surface area contributed by atoms with E-state index in [9.17, 15) is 0 Å². The van der Waals surface area contributed by atoms with Gasteiger partial charge in [0.25, 0.3) is 0 Å². The lowest BCUT2D eigenvalue weighted by molar-refractivity contribution is -0.933. The second kappa shape index (κ2) is 9.47. The molecule has 1 aromatic heterocycles. The first-order valence-corrected chi connectivity index (χ1v) is 11.2. The minimum atomic E-state index is 0.300. The van der Waals surface area contributed by atoms with Gasteiger partial charge in [-0.05, 0) is 59.2 Å². The normalized spacial score (nSPS) is 15.8. The average Bonchev–Trinajstić information content (AvgIpc) is 3.25. The summed E-state index contributed by atoms with van der Waals surface area (Å²) in [4.78, 5) is 4.09. The molecule has 0 radical (unpaired) electrons. The molecule has 0 unspecified atom stereocenters. The molecule has 164 valence electrons. The molecule has 2 aromatic carbocycles. The summed E-state index contributed by atoms with van der Waals surface area (Å²) in [6, 6.07) is 15.0. The zero-order valence-corrected chi connectivity index (χ0v) is 19.0. The largest absolute Gasteiger partial charge is 0.497 e. The van der Waals surface area contributed by atoms with Crippen molar-refractivity contribution < 1.29 is 9.64 Å². The summed E-state index contributed by atoms with van der Waals surface area (Å²) in [6.07, 6.45) is 1.02. The standard InChI is InChI=1S/C24H32N6O/c1-5-22(24-25-26-27-30(24)17-20-9-11-21(31-4)12-10-20)28-13-15-29(16-14-28)23-8-6-7-18(2)19(23)3/h6-12,22H,5,13-17H2,1-4H3/p+1/t22-/m0/s1. The maximum Gasteiger partial charge on any atom is 0.209 e. The minimum absolute atomic E-state index is 0.300. The fourth-order valence-electron chi connectivity index (χ4n) is 4.59. The number of hydrogen-bond acceptors (Lipinski definition) is 5. The Labute approximate surface area is 184 Å². The molecule has 31 heavy (non-hydrogen) atoms. The number of methoxy groups -OCH3 is 1. The summed E-state index contributed by atoms with van der Waals surface area (Å²) in [6.45, 7) is 11.6. The fraction of sp³-hybridized carbons (Fsp3) is 0.458. The number of ether oxygens (including phenoxy) is 1. The highest BCUT2D eigenvalue weighted by molar-refractivity contribution is 5.56. The number of hydrogen-bond donors (Lipinski definition) is 1. The van der Waals surface area contributed by atoms with Crippen molar-refractivity contribution in [3.63, 3.8) is 0 Å². The van der Waals surface area contributed by atoms with E-state index in [-0.39, 0.29) is 0 Å². The molecule has 0 amide bonds. The zero-order chi connectivity index (χ0) is 21.8. The topological polar surface area (TPSA) is 60.5 Å². The van der Waals surface area contributed by atoms with Gasteiger partial charge in [-0.15, -0.1) is 5.10 Å². The van der Waals surface area contributed by atoms with Gasteiger partial charge in [0.05, 0.1) is 39.8 Å². The molecule has 1 fully saturated rings. The highest BCUT2D eigenvalue weighted by Crippen LogP contribution is 2.23. The van der Waals surface area contributed by atoms with E-state index in [1.807, 2.05) is 16.8 Å². The zero-order valence-electron chi connectivity index (χ0n) is 19.0. The molecule has 1 saturated heterocycles. The van der Waals surface area contributed by atoms with Crippen LogP contribution in [0.25, 0.3) is 0 Å². The number of rotatable bonds is 7. The molecule has 0 aliphatic carbocycles. The molecule has 4 rings (SSSR count). The van der Waals surface area contributed by atoms with Crippen LogP contribution in [0.5, 0.6) is 5.75 Å². The predicted octanol–water partition coefficient (Wildman–Crippen LogP) is 2.20. The molecule has 1 atom stereocenters. The van der Waals surface area contributed by atoms with Gasteiger partial charge in [0, 0.05) is 12.1 Å². The molecule has 0 spiro atoms. The number of nitrogens with one attached hydrogen (secondary N) is 1. The number of aromatic nitrogens is 4. The van der Waals surface area contributed by atoms with Crippen molar-refractivity contribution in [2.75, 3.05) is 38.2 Å². The summed E-state index contributed by atoms with van der Waals surface area (Å²) in [7, 11) is 1.68. The second-order valence-corrected chi connectivity index (χ2v) is 8.37. The van der Waals surface area contributed by atoms with Gasteiger partial charge in [-0.2, -0.15) is 0 Å². The minimum Gasteiger partial charge on any atom is -0.497 e. The Balaban J connectivity index is 1.45. The van der Waals surface area contributed by atoms with Gasteiger partial charge in [0.15, 0.2) is 0 Å². The van der Waals surface area contributed by atoms with Gasteiger partial charge in [0.1, 0.15) is 11.8 Å². The van der Waals surface area contributed by atoms with Crippen LogP contribution in [0, 0.1) is 13.8 Å². The number of piperazine rings is 1. The average molecular weight is 422 g/mol. The Morgan fingerprint density at radius 1 is 1.06 bits per heavy atom. The van der Waals surface area contributed by atoms with Crippen molar-refractivity contribution >= 4 is 5.69 Å². The number of anilines is 1. The highest BCUT2D eigenvalue weighted by atomic mass is 16.5. The van der Waals surface area contributed by atoms with Crippen LogP contribution < -0.4 is 14.5 Å². The van der Waals surface area contributed by atoms with E-state index in [2.05, 4.69) is 71.5 Å². The van der Waals surface area contributed by atoms with Crippen molar-refractivity contribution in [3.8, 4) is 5.75 Å². The monoisotopic (exact) mass is 421 g/mol. The Kier molecular flexibility index (Phi) is 6.51.